The Morgan fingerprint density at radius 2 is 2.00 bits per heavy atom. The molecule has 0 spiro atoms. The van der Waals surface area contributed by atoms with Crippen LogP contribution in [-0.2, 0) is 4.79 Å². The van der Waals surface area contributed by atoms with E-state index in [1.54, 1.807) is 12.4 Å². The first-order valence-electron chi connectivity index (χ1n) is 11.2. The molecular formula is C24H29N5O2S. The smallest absolute Gasteiger partial charge is 0.230 e. The molecule has 1 aliphatic rings. The van der Waals surface area contributed by atoms with Gasteiger partial charge in [0, 0.05) is 29.7 Å². The van der Waals surface area contributed by atoms with Gasteiger partial charge in [0.15, 0.2) is 11.0 Å². The lowest BCUT2D eigenvalue weighted by atomic mass is 9.86. The summed E-state index contributed by atoms with van der Waals surface area (Å²) in [4.78, 5) is 16.9. The summed E-state index contributed by atoms with van der Waals surface area (Å²) in [6.07, 6.45) is 8.17. The molecule has 0 saturated heterocycles. The van der Waals surface area contributed by atoms with Gasteiger partial charge >= 0.3 is 0 Å². The van der Waals surface area contributed by atoms with Crippen LogP contribution in [0.25, 0.3) is 17.1 Å². The summed E-state index contributed by atoms with van der Waals surface area (Å²) < 4.78 is 7.54. The fraction of sp³-hybridized carbons (Fsp3) is 0.417. The van der Waals surface area contributed by atoms with Crippen LogP contribution in [0.5, 0.6) is 5.75 Å². The van der Waals surface area contributed by atoms with Gasteiger partial charge in [0.25, 0.3) is 0 Å². The monoisotopic (exact) mass is 451 g/mol. The van der Waals surface area contributed by atoms with Crippen LogP contribution < -0.4 is 10.1 Å². The number of benzene rings is 1. The van der Waals surface area contributed by atoms with E-state index in [0.29, 0.717) is 29.3 Å². The largest absolute Gasteiger partial charge is 0.494 e. The molecule has 0 bridgehead atoms. The minimum absolute atomic E-state index is 0.0397. The normalized spacial score (nSPS) is 18.3. The van der Waals surface area contributed by atoms with Gasteiger partial charge in [0.05, 0.1) is 12.4 Å². The first-order chi connectivity index (χ1) is 15.7. The molecular weight excluding hydrogens is 422 g/mol. The number of pyridine rings is 1. The highest BCUT2D eigenvalue weighted by Gasteiger charge is 2.23. The van der Waals surface area contributed by atoms with Gasteiger partial charge in [-0.1, -0.05) is 31.5 Å². The number of ether oxygens (including phenoxy) is 1. The van der Waals surface area contributed by atoms with Gasteiger partial charge < -0.3 is 10.1 Å². The summed E-state index contributed by atoms with van der Waals surface area (Å²) in [5, 5.41) is 12.7. The van der Waals surface area contributed by atoms with Crippen molar-refractivity contribution in [3.63, 3.8) is 0 Å². The van der Waals surface area contributed by atoms with Crippen molar-refractivity contribution in [3.05, 3.63) is 48.8 Å². The average Bonchev–Trinajstić information content (AvgIpc) is 3.24. The third kappa shape index (κ3) is 5.30. The second-order valence-electron chi connectivity index (χ2n) is 8.03. The van der Waals surface area contributed by atoms with E-state index in [0.717, 1.165) is 23.4 Å². The van der Waals surface area contributed by atoms with Crippen LogP contribution in [0.4, 0.5) is 0 Å². The quantitative estimate of drug-likeness (QED) is 0.507. The maximum atomic E-state index is 12.7. The Balaban J connectivity index is 1.55. The van der Waals surface area contributed by atoms with E-state index >= 15 is 0 Å². The van der Waals surface area contributed by atoms with Gasteiger partial charge in [-0.25, -0.2) is 0 Å². The number of hydrogen-bond donors (Lipinski definition) is 1. The van der Waals surface area contributed by atoms with Crippen molar-refractivity contribution in [2.75, 3.05) is 12.4 Å². The van der Waals surface area contributed by atoms with E-state index in [9.17, 15) is 4.79 Å². The van der Waals surface area contributed by atoms with Crippen molar-refractivity contribution < 1.29 is 9.53 Å². The van der Waals surface area contributed by atoms with Gasteiger partial charge in [-0.2, -0.15) is 0 Å². The second-order valence-corrected chi connectivity index (χ2v) is 8.98. The predicted molar refractivity (Wildman–Crippen MR) is 126 cm³/mol. The third-order valence-corrected chi connectivity index (χ3v) is 6.68. The molecule has 1 saturated carbocycles. The van der Waals surface area contributed by atoms with Crippen molar-refractivity contribution >= 4 is 17.7 Å². The Morgan fingerprint density at radius 1 is 1.19 bits per heavy atom. The molecule has 2 atom stereocenters. The number of carbonyl (C=O) groups is 1. The van der Waals surface area contributed by atoms with E-state index < -0.39 is 0 Å². The summed E-state index contributed by atoms with van der Waals surface area (Å²) in [5.41, 5.74) is 1.77. The number of rotatable bonds is 8. The highest BCUT2D eigenvalue weighted by atomic mass is 32.2. The highest BCUT2D eigenvalue weighted by molar-refractivity contribution is 7.99. The van der Waals surface area contributed by atoms with Crippen LogP contribution in [-0.4, -0.2) is 44.1 Å². The topological polar surface area (TPSA) is 81.9 Å². The first-order valence-corrected chi connectivity index (χ1v) is 12.2. The minimum Gasteiger partial charge on any atom is -0.494 e. The van der Waals surface area contributed by atoms with Crippen LogP contribution in [0.2, 0.25) is 0 Å². The number of hydrogen-bond acceptors (Lipinski definition) is 6. The molecule has 8 heteroatoms. The Bertz CT molecular complexity index is 1020. The molecule has 2 aromatic heterocycles. The average molecular weight is 452 g/mol. The molecule has 32 heavy (non-hydrogen) atoms. The van der Waals surface area contributed by atoms with Gasteiger partial charge in [-0.15, -0.1) is 10.2 Å². The van der Waals surface area contributed by atoms with E-state index in [4.69, 9.17) is 4.74 Å². The number of carbonyl (C=O) groups excluding carboxylic acids is 1. The number of aromatic nitrogens is 4. The Kier molecular flexibility index (Phi) is 7.42. The molecule has 1 aliphatic carbocycles. The van der Waals surface area contributed by atoms with Gasteiger partial charge in [0.2, 0.25) is 5.91 Å². The molecule has 0 radical (unpaired) electrons. The van der Waals surface area contributed by atoms with Gasteiger partial charge in [-0.05, 0) is 62.1 Å². The van der Waals surface area contributed by atoms with E-state index in [1.165, 1.54) is 31.0 Å². The number of nitrogens with one attached hydrogen (secondary N) is 1. The van der Waals surface area contributed by atoms with Crippen molar-refractivity contribution in [2.45, 2.75) is 50.7 Å². The van der Waals surface area contributed by atoms with Crippen LogP contribution in [0, 0.1) is 5.92 Å². The summed E-state index contributed by atoms with van der Waals surface area (Å²) in [5.74, 6) is 2.36. The lowest BCUT2D eigenvalue weighted by Crippen LogP contribution is -2.41. The Morgan fingerprint density at radius 3 is 2.72 bits per heavy atom. The molecule has 7 nitrogen and oxygen atoms in total. The summed E-state index contributed by atoms with van der Waals surface area (Å²) in [6, 6.07) is 11.9. The highest BCUT2D eigenvalue weighted by Crippen LogP contribution is 2.29. The van der Waals surface area contributed by atoms with Crippen molar-refractivity contribution in [3.8, 4) is 22.8 Å². The number of thioether (sulfide) groups is 1. The zero-order valence-corrected chi connectivity index (χ0v) is 19.3. The lowest BCUT2D eigenvalue weighted by molar-refractivity contribution is -0.119. The molecule has 3 aromatic rings. The standard InChI is InChI=1S/C24H29N5O2S/c1-3-31-20-12-10-19(11-13-20)29-23(18-8-6-14-25-15-18)27-28-24(29)32-16-22(30)26-21-9-5-4-7-17(21)2/h6,8,10-15,17,21H,3-5,7,9,16H2,1-2H3,(H,26,30)/t17-,21+/m1/s1. The first kappa shape index (κ1) is 22.3. The summed E-state index contributed by atoms with van der Waals surface area (Å²) >= 11 is 1.40. The molecule has 1 fully saturated rings. The van der Waals surface area contributed by atoms with Crippen LogP contribution >= 0.6 is 11.8 Å². The summed E-state index contributed by atoms with van der Waals surface area (Å²) in [6.45, 7) is 4.80. The molecule has 1 aromatic carbocycles. The number of amides is 1. The van der Waals surface area contributed by atoms with Crippen molar-refractivity contribution in [1.29, 1.82) is 0 Å². The lowest BCUT2D eigenvalue weighted by Gasteiger charge is -2.29. The Labute approximate surface area is 193 Å². The molecule has 0 aliphatic heterocycles. The van der Waals surface area contributed by atoms with Crippen LogP contribution in [0.15, 0.2) is 53.9 Å². The zero-order valence-electron chi connectivity index (χ0n) is 18.5. The van der Waals surface area contributed by atoms with Gasteiger partial charge in [-0.3, -0.25) is 14.3 Å². The molecule has 2 heterocycles. The zero-order chi connectivity index (χ0) is 22.3. The van der Waals surface area contributed by atoms with Crippen LogP contribution in [0.3, 0.4) is 0 Å². The minimum atomic E-state index is 0.0397. The molecule has 0 unspecified atom stereocenters. The van der Waals surface area contributed by atoms with Gasteiger partial charge in [0.1, 0.15) is 5.75 Å². The second kappa shape index (κ2) is 10.6. The fourth-order valence-electron chi connectivity index (χ4n) is 4.05. The van der Waals surface area contributed by atoms with E-state index in [1.807, 2.05) is 47.9 Å². The fourth-order valence-corrected chi connectivity index (χ4v) is 4.81. The SMILES string of the molecule is CCOc1ccc(-n2c(SCC(=O)N[C@H]3CCCC[C@H]3C)nnc2-c2cccnc2)cc1. The van der Waals surface area contributed by atoms with Crippen molar-refractivity contribution in [2.24, 2.45) is 5.92 Å². The maximum Gasteiger partial charge on any atom is 0.230 e. The van der Waals surface area contributed by atoms with Crippen molar-refractivity contribution in [1.82, 2.24) is 25.1 Å². The molecule has 1 amide bonds. The van der Waals surface area contributed by atoms with E-state index in [-0.39, 0.29) is 11.9 Å². The number of nitrogens with zero attached hydrogens (tertiary/aromatic N) is 4. The molecule has 168 valence electrons. The summed E-state index contributed by atoms with van der Waals surface area (Å²) in [7, 11) is 0. The molecule has 4 rings (SSSR count). The molecule has 1 N–H and O–H groups in total. The maximum absolute atomic E-state index is 12.7. The van der Waals surface area contributed by atoms with Crippen LogP contribution in [0.1, 0.15) is 39.5 Å². The Hall–Kier alpha value is -2.87. The van der Waals surface area contributed by atoms with E-state index in [2.05, 4.69) is 27.4 Å². The predicted octanol–water partition coefficient (Wildman–Crippen LogP) is 4.52. The third-order valence-electron chi connectivity index (χ3n) is 5.75.